The number of primary amides is 1. The standard InChI is InChI=1S/C11H25N7O2/c1-15-7-10(20)18-8(5-16-6-9(12)19)3-2-4-17-11(13)14/h8,15-16H,2-7H2,1H3,(H2,12,19)(H,18,20)(H4,13,14,17). The van der Waals surface area contributed by atoms with Crippen LogP contribution in [-0.4, -0.2) is 57.0 Å². The molecule has 116 valence electrons. The second-order valence-electron chi connectivity index (χ2n) is 4.34. The highest BCUT2D eigenvalue weighted by Crippen LogP contribution is 1.97. The van der Waals surface area contributed by atoms with Gasteiger partial charge in [0, 0.05) is 19.1 Å². The van der Waals surface area contributed by atoms with Gasteiger partial charge in [-0.25, -0.2) is 0 Å². The molecular weight excluding hydrogens is 262 g/mol. The molecule has 0 aliphatic carbocycles. The van der Waals surface area contributed by atoms with Crippen LogP contribution in [0, 0.1) is 0 Å². The van der Waals surface area contributed by atoms with Crippen molar-refractivity contribution in [1.82, 2.24) is 16.0 Å². The highest BCUT2D eigenvalue weighted by molar-refractivity contribution is 5.78. The smallest absolute Gasteiger partial charge is 0.234 e. The number of hydrogen-bond acceptors (Lipinski definition) is 5. The molecule has 20 heavy (non-hydrogen) atoms. The minimum absolute atomic E-state index is 0.0487. The monoisotopic (exact) mass is 287 g/mol. The molecule has 0 aliphatic heterocycles. The molecule has 1 unspecified atom stereocenters. The molecule has 0 aromatic carbocycles. The Labute approximate surface area is 118 Å². The van der Waals surface area contributed by atoms with Crippen molar-refractivity contribution in [2.24, 2.45) is 22.2 Å². The lowest BCUT2D eigenvalue weighted by atomic mass is 10.1. The van der Waals surface area contributed by atoms with Crippen molar-refractivity contribution in [3.63, 3.8) is 0 Å². The van der Waals surface area contributed by atoms with Gasteiger partial charge in [-0.05, 0) is 19.9 Å². The lowest BCUT2D eigenvalue weighted by molar-refractivity contribution is -0.120. The number of nitrogens with one attached hydrogen (secondary N) is 3. The fraction of sp³-hybridized carbons (Fsp3) is 0.727. The Morgan fingerprint density at radius 1 is 1.20 bits per heavy atom. The molecule has 0 bridgehead atoms. The average Bonchev–Trinajstić information content (AvgIpc) is 2.33. The van der Waals surface area contributed by atoms with E-state index in [-0.39, 0.29) is 31.0 Å². The molecule has 9 heteroatoms. The van der Waals surface area contributed by atoms with Gasteiger partial charge in [0.15, 0.2) is 5.96 Å². The maximum atomic E-state index is 11.5. The summed E-state index contributed by atoms with van der Waals surface area (Å²) in [6.45, 7) is 1.27. The summed E-state index contributed by atoms with van der Waals surface area (Å²) >= 11 is 0. The SMILES string of the molecule is CNCC(=O)NC(CCCN=C(N)N)CNCC(N)=O. The number of nitrogens with two attached hydrogens (primary N) is 3. The van der Waals surface area contributed by atoms with Gasteiger partial charge >= 0.3 is 0 Å². The molecule has 0 saturated carbocycles. The maximum Gasteiger partial charge on any atom is 0.234 e. The summed E-state index contributed by atoms with van der Waals surface area (Å²) in [7, 11) is 1.69. The van der Waals surface area contributed by atoms with E-state index < -0.39 is 5.91 Å². The highest BCUT2D eigenvalue weighted by atomic mass is 16.2. The molecule has 2 amide bonds. The number of carbonyl (C=O) groups is 2. The fourth-order valence-corrected chi connectivity index (χ4v) is 1.58. The molecule has 0 radical (unpaired) electrons. The van der Waals surface area contributed by atoms with Gasteiger partial charge in [-0.15, -0.1) is 0 Å². The molecule has 0 aliphatic rings. The second-order valence-corrected chi connectivity index (χ2v) is 4.34. The van der Waals surface area contributed by atoms with Gasteiger partial charge in [-0.2, -0.15) is 0 Å². The predicted molar refractivity (Wildman–Crippen MR) is 77.8 cm³/mol. The number of likely N-dealkylation sites (N-methyl/N-ethyl adjacent to an activating group) is 1. The summed E-state index contributed by atoms with van der Waals surface area (Å²) < 4.78 is 0. The van der Waals surface area contributed by atoms with Gasteiger partial charge in [-0.1, -0.05) is 0 Å². The van der Waals surface area contributed by atoms with Crippen molar-refractivity contribution in [3.05, 3.63) is 0 Å². The van der Waals surface area contributed by atoms with E-state index in [2.05, 4.69) is 20.9 Å². The predicted octanol–water partition coefficient (Wildman–Crippen LogP) is -3.18. The number of rotatable bonds is 11. The van der Waals surface area contributed by atoms with Crippen LogP contribution in [0.5, 0.6) is 0 Å². The Hall–Kier alpha value is -1.87. The van der Waals surface area contributed by atoms with E-state index in [4.69, 9.17) is 17.2 Å². The van der Waals surface area contributed by atoms with Crippen LogP contribution in [0.4, 0.5) is 0 Å². The summed E-state index contributed by atoms with van der Waals surface area (Å²) in [6, 6.07) is -0.107. The Balaban J connectivity index is 4.12. The number of hydrogen-bond donors (Lipinski definition) is 6. The van der Waals surface area contributed by atoms with E-state index in [0.717, 1.165) is 6.42 Å². The summed E-state index contributed by atoms with van der Waals surface area (Å²) in [5, 5.41) is 8.51. The van der Waals surface area contributed by atoms with E-state index in [1.807, 2.05) is 0 Å². The van der Waals surface area contributed by atoms with Crippen molar-refractivity contribution < 1.29 is 9.59 Å². The Bertz CT molecular complexity index is 329. The zero-order chi connectivity index (χ0) is 15.4. The van der Waals surface area contributed by atoms with Gasteiger partial charge in [0.05, 0.1) is 13.1 Å². The van der Waals surface area contributed by atoms with Gasteiger partial charge in [-0.3, -0.25) is 14.6 Å². The summed E-state index contributed by atoms with van der Waals surface area (Å²) in [6.07, 6.45) is 1.42. The Kier molecular flexibility index (Phi) is 9.97. The number of guanidine groups is 1. The Morgan fingerprint density at radius 2 is 1.90 bits per heavy atom. The molecule has 0 saturated heterocycles. The molecule has 0 aromatic rings. The first-order chi connectivity index (χ1) is 9.45. The van der Waals surface area contributed by atoms with E-state index in [1.165, 1.54) is 0 Å². The van der Waals surface area contributed by atoms with Crippen LogP contribution in [0.15, 0.2) is 4.99 Å². The van der Waals surface area contributed by atoms with Gasteiger partial charge in [0.25, 0.3) is 0 Å². The van der Waals surface area contributed by atoms with Crippen LogP contribution in [0.1, 0.15) is 12.8 Å². The third-order valence-electron chi connectivity index (χ3n) is 2.40. The van der Waals surface area contributed by atoms with Crippen molar-refractivity contribution in [3.8, 4) is 0 Å². The lowest BCUT2D eigenvalue weighted by Gasteiger charge is -2.18. The second kappa shape index (κ2) is 11.0. The molecule has 0 heterocycles. The van der Waals surface area contributed by atoms with E-state index in [1.54, 1.807) is 7.05 Å². The van der Waals surface area contributed by atoms with Gasteiger partial charge in [0.1, 0.15) is 0 Å². The first-order valence-corrected chi connectivity index (χ1v) is 6.44. The van der Waals surface area contributed by atoms with Gasteiger partial charge in [0.2, 0.25) is 11.8 Å². The lowest BCUT2D eigenvalue weighted by Crippen LogP contribution is -2.46. The van der Waals surface area contributed by atoms with Crippen LogP contribution in [0.3, 0.4) is 0 Å². The number of nitrogens with zero attached hydrogens (tertiary/aromatic N) is 1. The third-order valence-corrected chi connectivity index (χ3v) is 2.40. The zero-order valence-electron chi connectivity index (χ0n) is 11.8. The quantitative estimate of drug-likeness (QED) is 0.133. The van der Waals surface area contributed by atoms with Crippen LogP contribution in [-0.2, 0) is 9.59 Å². The molecule has 9 nitrogen and oxygen atoms in total. The van der Waals surface area contributed by atoms with E-state index >= 15 is 0 Å². The topological polar surface area (TPSA) is 161 Å². The van der Waals surface area contributed by atoms with Crippen molar-refractivity contribution in [1.29, 1.82) is 0 Å². The first kappa shape index (κ1) is 18.1. The molecule has 1 atom stereocenters. The molecular formula is C11H25N7O2. The zero-order valence-corrected chi connectivity index (χ0v) is 11.8. The summed E-state index contributed by atoms with van der Waals surface area (Å²) in [5.41, 5.74) is 15.5. The van der Waals surface area contributed by atoms with E-state index in [9.17, 15) is 9.59 Å². The highest BCUT2D eigenvalue weighted by Gasteiger charge is 2.11. The average molecular weight is 287 g/mol. The van der Waals surface area contributed by atoms with Crippen LogP contribution < -0.4 is 33.2 Å². The van der Waals surface area contributed by atoms with Crippen LogP contribution in [0.2, 0.25) is 0 Å². The molecule has 0 spiro atoms. The fourth-order valence-electron chi connectivity index (χ4n) is 1.58. The van der Waals surface area contributed by atoms with Crippen molar-refractivity contribution in [2.45, 2.75) is 18.9 Å². The molecule has 0 fully saturated rings. The normalized spacial score (nSPS) is 11.7. The summed E-state index contributed by atoms with van der Waals surface area (Å²) in [4.78, 5) is 26.1. The van der Waals surface area contributed by atoms with Crippen molar-refractivity contribution >= 4 is 17.8 Å². The van der Waals surface area contributed by atoms with E-state index in [0.29, 0.717) is 19.5 Å². The first-order valence-electron chi connectivity index (χ1n) is 6.44. The van der Waals surface area contributed by atoms with Crippen LogP contribution in [0.25, 0.3) is 0 Å². The number of amides is 2. The summed E-state index contributed by atoms with van der Waals surface area (Å²) in [5.74, 6) is -0.501. The van der Waals surface area contributed by atoms with Crippen molar-refractivity contribution in [2.75, 3.05) is 33.2 Å². The minimum atomic E-state index is -0.439. The number of carbonyl (C=O) groups excluding carboxylic acids is 2. The molecule has 0 rings (SSSR count). The molecule has 9 N–H and O–H groups in total. The number of aliphatic imine (C=N–C) groups is 1. The Morgan fingerprint density at radius 3 is 2.45 bits per heavy atom. The minimum Gasteiger partial charge on any atom is -0.370 e. The largest absolute Gasteiger partial charge is 0.370 e. The maximum absolute atomic E-state index is 11.5. The molecule has 0 aromatic heterocycles. The van der Waals surface area contributed by atoms with Crippen LogP contribution >= 0.6 is 0 Å². The third kappa shape index (κ3) is 11.2. The van der Waals surface area contributed by atoms with Gasteiger partial charge < -0.3 is 33.2 Å².